The zero-order valence-electron chi connectivity index (χ0n) is 22.0. The minimum absolute atomic E-state index is 0.112. The highest BCUT2D eigenvalue weighted by Crippen LogP contribution is 2.31. The van der Waals surface area contributed by atoms with E-state index >= 15 is 0 Å². The summed E-state index contributed by atoms with van der Waals surface area (Å²) in [5, 5.41) is 0. The number of hydrogen-bond acceptors (Lipinski definition) is 4. The Hall–Kier alpha value is -4.06. The zero-order valence-corrected chi connectivity index (χ0v) is 22.0. The third kappa shape index (κ3) is 4.44. The van der Waals surface area contributed by atoms with E-state index in [4.69, 9.17) is 9.97 Å². The van der Waals surface area contributed by atoms with E-state index < -0.39 is 0 Å². The van der Waals surface area contributed by atoms with Crippen LogP contribution in [0.5, 0.6) is 0 Å². The van der Waals surface area contributed by atoms with Crippen LogP contribution >= 0.6 is 0 Å². The van der Waals surface area contributed by atoms with Crippen LogP contribution in [0.1, 0.15) is 57.5 Å². The molecule has 2 aliphatic heterocycles. The minimum atomic E-state index is 0.112. The molecule has 3 aromatic carbocycles. The molecule has 0 spiro atoms. The molecule has 0 radical (unpaired) electrons. The van der Waals surface area contributed by atoms with E-state index in [0.717, 1.165) is 108 Å². The van der Waals surface area contributed by atoms with Gasteiger partial charge in [-0.1, -0.05) is 30.3 Å². The number of carbonyl (C=O) groups is 2. The topological polar surface area (TPSA) is 66.4 Å². The van der Waals surface area contributed by atoms with Gasteiger partial charge in [-0.2, -0.15) is 0 Å². The lowest BCUT2D eigenvalue weighted by Gasteiger charge is -2.17. The lowest BCUT2D eigenvalue weighted by Crippen LogP contribution is -2.28. The third-order valence-electron chi connectivity index (χ3n) is 7.88. The predicted molar refractivity (Wildman–Crippen MR) is 150 cm³/mol. The molecule has 1 aromatic heterocycles. The first-order valence-corrected chi connectivity index (χ1v) is 13.6. The number of para-hydroxylation sites is 1. The summed E-state index contributed by atoms with van der Waals surface area (Å²) >= 11 is 0. The molecule has 2 amide bonds. The molecule has 0 atom stereocenters. The lowest BCUT2D eigenvalue weighted by atomic mass is 9.97. The molecule has 6 nitrogen and oxygen atoms in total. The van der Waals surface area contributed by atoms with Gasteiger partial charge in [-0.05, 0) is 80.5 Å². The van der Waals surface area contributed by atoms with Gasteiger partial charge >= 0.3 is 0 Å². The number of benzene rings is 3. The predicted octanol–water partition coefficient (Wildman–Crippen LogP) is 6.05. The van der Waals surface area contributed by atoms with E-state index in [1.165, 1.54) is 0 Å². The first-order chi connectivity index (χ1) is 18.5. The number of aromatic nitrogens is 2. The van der Waals surface area contributed by atoms with Gasteiger partial charge in [-0.15, -0.1) is 0 Å². The van der Waals surface area contributed by atoms with Crippen LogP contribution in [-0.4, -0.2) is 57.8 Å². The SMILES string of the molecule is Cc1cc(-c2cnc3cccc(-c4ccc(C(=O)N5CCCC5)c(C)c4)c3n2)ccc1C(=O)N1CCCC1. The molecule has 6 heteroatoms. The molecule has 0 N–H and O–H groups in total. The van der Waals surface area contributed by atoms with E-state index in [1.54, 1.807) is 6.20 Å². The van der Waals surface area contributed by atoms with Crippen LogP contribution in [0, 0.1) is 13.8 Å². The van der Waals surface area contributed by atoms with Crippen LogP contribution in [0.25, 0.3) is 33.4 Å². The van der Waals surface area contributed by atoms with Gasteiger partial charge in [0, 0.05) is 48.4 Å². The van der Waals surface area contributed by atoms with Gasteiger partial charge in [0.1, 0.15) is 0 Å². The van der Waals surface area contributed by atoms with Crippen molar-refractivity contribution < 1.29 is 9.59 Å². The maximum atomic E-state index is 13.0. The maximum Gasteiger partial charge on any atom is 0.254 e. The number of hydrogen-bond donors (Lipinski definition) is 0. The van der Waals surface area contributed by atoms with Gasteiger partial charge in [0.25, 0.3) is 11.8 Å². The van der Waals surface area contributed by atoms with E-state index in [1.807, 2.05) is 66.1 Å². The van der Waals surface area contributed by atoms with Gasteiger partial charge in [0.2, 0.25) is 0 Å². The van der Waals surface area contributed by atoms with Crippen molar-refractivity contribution in [1.29, 1.82) is 0 Å². The number of aryl methyl sites for hydroxylation is 2. The van der Waals surface area contributed by atoms with E-state index in [2.05, 4.69) is 12.1 Å². The van der Waals surface area contributed by atoms with Crippen molar-refractivity contribution in [3.05, 3.63) is 83.0 Å². The Kier molecular flexibility index (Phi) is 6.40. The summed E-state index contributed by atoms with van der Waals surface area (Å²) < 4.78 is 0. The number of likely N-dealkylation sites (tertiary alicyclic amines) is 2. The van der Waals surface area contributed by atoms with Crippen LogP contribution in [-0.2, 0) is 0 Å². The van der Waals surface area contributed by atoms with E-state index in [9.17, 15) is 9.59 Å². The van der Waals surface area contributed by atoms with Crippen molar-refractivity contribution >= 4 is 22.8 Å². The Morgan fingerprint density at radius 2 is 1.26 bits per heavy atom. The van der Waals surface area contributed by atoms with Crippen LogP contribution in [0.4, 0.5) is 0 Å². The smallest absolute Gasteiger partial charge is 0.254 e. The molecule has 0 bridgehead atoms. The number of nitrogens with zero attached hydrogens (tertiary/aromatic N) is 4. The second-order valence-electron chi connectivity index (χ2n) is 10.5. The Balaban J connectivity index is 1.34. The molecule has 0 aliphatic carbocycles. The molecule has 38 heavy (non-hydrogen) atoms. The average Bonchev–Trinajstić information content (AvgIpc) is 3.67. The van der Waals surface area contributed by atoms with Crippen molar-refractivity contribution in [2.24, 2.45) is 0 Å². The first-order valence-electron chi connectivity index (χ1n) is 13.6. The standard InChI is InChI=1S/C32H32N4O2/c1-21-18-23(10-12-25(21)31(37)35-14-3-4-15-35)27-8-7-9-28-30(27)34-29(20-33-28)24-11-13-26(22(2)19-24)32(38)36-16-5-6-17-36/h7-13,18-20H,3-6,14-17H2,1-2H3. The van der Waals surface area contributed by atoms with Gasteiger partial charge in [-0.25, -0.2) is 4.98 Å². The van der Waals surface area contributed by atoms with Crippen molar-refractivity contribution in [3.8, 4) is 22.4 Å². The molecule has 0 saturated carbocycles. The summed E-state index contributed by atoms with van der Waals surface area (Å²) in [5.74, 6) is 0.231. The first kappa shape index (κ1) is 24.3. The van der Waals surface area contributed by atoms with E-state index in [0.29, 0.717) is 0 Å². The van der Waals surface area contributed by atoms with Crippen LogP contribution < -0.4 is 0 Å². The fourth-order valence-corrected chi connectivity index (χ4v) is 5.72. The molecular formula is C32H32N4O2. The second kappa shape index (κ2) is 10.0. The van der Waals surface area contributed by atoms with Gasteiger partial charge in [-0.3, -0.25) is 14.6 Å². The molecule has 6 rings (SSSR count). The highest BCUT2D eigenvalue weighted by molar-refractivity contribution is 5.98. The largest absolute Gasteiger partial charge is 0.339 e. The Morgan fingerprint density at radius 3 is 1.84 bits per heavy atom. The van der Waals surface area contributed by atoms with Crippen LogP contribution in [0.2, 0.25) is 0 Å². The van der Waals surface area contributed by atoms with Crippen LogP contribution in [0.3, 0.4) is 0 Å². The highest BCUT2D eigenvalue weighted by Gasteiger charge is 2.22. The maximum absolute atomic E-state index is 13.0. The lowest BCUT2D eigenvalue weighted by molar-refractivity contribution is 0.0784. The fraction of sp³-hybridized carbons (Fsp3) is 0.312. The number of fused-ring (bicyclic) bond motifs is 1. The quantitative estimate of drug-likeness (QED) is 0.339. The minimum Gasteiger partial charge on any atom is -0.339 e. The highest BCUT2D eigenvalue weighted by atomic mass is 16.2. The van der Waals surface area contributed by atoms with Gasteiger partial charge in [0.05, 0.1) is 22.9 Å². The Morgan fingerprint density at radius 1 is 0.711 bits per heavy atom. The van der Waals surface area contributed by atoms with Crippen molar-refractivity contribution in [1.82, 2.24) is 19.8 Å². The summed E-state index contributed by atoms with van der Waals surface area (Å²) in [6.45, 7) is 7.35. The molecule has 2 saturated heterocycles. The molecule has 192 valence electrons. The summed E-state index contributed by atoms with van der Waals surface area (Å²) in [6.07, 6.45) is 6.11. The Labute approximate surface area is 223 Å². The molecule has 0 unspecified atom stereocenters. The summed E-state index contributed by atoms with van der Waals surface area (Å²) in [5.41, 5.74) is 8.77. The second-order valence-corrected chi connectivity index (χ2v) is 10.5. The third-order valence-corrected chi connectivity index (χ3v) is 7.88. The summed E-state index contributed by atoms with van der Waals surface area (Å²) in [6, 6.07) is 18.0. The molecule has 3 heterocycles. The Bertz CT molecular complexity index is 1550. The van der Waals surface area contributed by atoms with Crippen molar-refractivity contribution in [2.45, 2.75) is 39.5 Å². The number of carbonyl (C=O) groups excluding carboxylic acids is 2. The molecule has 2 aliphatic rings. The number of rotatable bonds is 4. The van der Waals surface area contributed by atoms with Gasteiger partial charge < -0.3 is 9.80 Å². The van der Waals surface area contributed by atoms with Crippen molar-refractivity contribution in [2.75, 3.05) is 26.2 Å². The van der Waals surface area contributed by atoms with Crippen molar-refractivity contribution in [3.63, 3.8) is 0 Å². The fourth-order valence-electron chi connectivity index (χ4n) is 5.72. The van der Waals surface area contributed by atoms with Gasteiger partial charge in [0.15, 0.2) is 0 Å². The van der Waals surface area contributed by atoms with E-state index in [-0.39, 0.29) is 11.8 Å². The zero-order chi connectivity index (χ0) is 26.2. The summed E-state index contributed by atoms with van der Waals surface area (Å²) in [7, 11) is 0. The number of amides is 2. The van der Waals surface area contributed by atoms with Crippen LogP contribution in [0.15, 0.2) is 60.8 Å². The molecule has 4 aromatic rings. The molecule has 2 fully saturated rings. The normalized spacial score (nSPS) is 15.4. The average molecular weight is 505 g/mol. The monoisotopic (exact) mass is 504 g/mol. The summed E-state index contributed by atoms with van der Waals surface area (Å²) in [4.78, 5) is 39.5. The molecular weight excluding hydrogens is 472 g/mol.